The van der Waals surface area contributed by atoms with Gasteiger partial charge >= 0.3 is 0 Å². The molecule has 0 spiro atoms. The minimum Gasteiger partial charge on any atom is -0.294 e. The SMILES string of the molecule is Cc1ccc([S+](c2ccc(C)cc2)C2CCCCC2=O)cc1. The van der Waals surface area contributed by atoms with Gasteiger partial charge in [-0.05, 0) is 51.0 Å². The van der Waals surface area contributed by atoms with Crippen molar-refractivity contribution in [3.63, 3.8) is 0 Å². The van der Waals surface area contributed by atoms with Gasteiger partial charge in [-0.3, -0.25) is 4.79 Å². The molecule has 0 aromatic heterocycles. The molecule has 1 aliphatic carbocycles. The van der Waals surface area contributed by atoms with Crippen molar-refractivity contribution in [3.05, 3.63) is 59.7 Å². The van der Waals surface area contributed by atoms with Crippen molar-refractivity contribution in [3.8, 4) is 0 Å². The number of rotatable bonds is 3. The topological polar surface area (TPSA) is 17.1 Å². The number of hydrogen-bond acceptors (Lipinski definition) is 1. The summed E-state index contributed by atoms with van der Waals surface area (Å²) in [6, 6.07) is 17.5. The molecule has 1 saturated carbocycles. The molecule has 22 heavy (non-hydrogen) atoms. The van der Waals surface area contributed by atoms with E-state index in [0.717, 1.165) is 19.3 Å². The summed E-state index contributed by atoms with van der Waals surface area (Å²) in [5.41, 5.74) is 2.54. The lowest BCUT2D eigenvalue weighted by molar-refractivity contribution is -0.119. The van der Waals surface area contributed by atoms with Gasteiger partial charge in [-0.1, -0.05) is 35.4 Å². The zero-order valence-corrected chi connectivity index (χ0v) is 14.2. The second-order valence-corrected chi connectivity index (χ2v) is 8.35. The first-order chi connectivity index (χ1) is 10.6. The van der Waals surface area contributed by atoms with Crippen LogP contribution in [0, 0.1) is 13.8 Å². The number of aryl methyl sites for hydroxylation is 2. The van der Waals surface area contributed by atoms with Crippen LogP contribution >= 0.6 is 0 Å². The van der Waals surface area contributed by atoms with E-state index in [0.29, 0.717) is 5.78 Å². The summed E-state index contributed by atoms with van der Waals surface area (Å²) < 4.78 is 0. The van der Waals surface area contributed by atoms with Crippen LogP contribution in [0.4, 0.5) is 0 Å². The monoisotopic (exact) mass is 311 g/mol. The molecule has 2 heteroatoms. The minimum absolute atomic E-state index is 0.134. The van der Waals surface area contributed by atoms with Crippen molar-refractivity contribution in [2.75, 3.05) is 0 Å². The van der Waals surface area contributed by atoms with Gasteiger partial charge in [-0.2, -0.15) is 0 Å². The molecule has 114 valence electrons. The molecule has 0 heterocycles. The van der Waals surface area contributed by atoms with Crippen LogP contribution in [0.1, 0.15) is 36.8 Å². The van der Waals surface area contributed by atoms with Crippen molar-refractivity contribution in [2.45, 2.75) is 54.6 Å². The summed E-state index contributed by atoms with van der Waals surface area (Å²) >= 11 is 0. The first-order valence-corrected chi connectivity index (χ1v) is 9.33. The van der Waals surface area contributed by atoms with Crippen LogP contribution in [-0.4, -0.2) is 11.0 Å². The highest BCUT2D eigenvalue weighted by Crippen LogP contribution is 2.34. The van der Waals surface area contributed by atoms with Gasteiger partial charge in [0.15, 0.2) is 20.8 Å². The smallest absolute Gasteiger partial charge is 0.186 e. The van der Waals surface area contributed by atoms with Gasteiger partial charge in [-0.25, -0.2) is 0 Å². The standard InChI is InChI=1S/C20H23OS/c1-15-7-11-17(12-8-15)22(18-13-9-16(2)10-14-18)20-6-4-3-5-19(20)21/h7-14,20H,3-6H2,1-2H3/q+1. The van der Waals surface area contributed by atoms with E-state index in [4.69, 9.17) is 0 Å². The summed E-state index contributed by atoms with van der Waals surface area (Å²) in [4.78, 5) is 15.1. The van der Waals surface area contributed by atoms with Crippen LogP contribution < -0.4 is 0 Å². The molecule has 2 aromatic carbocycles. The van der Waals surface area contributed by atoms with Crippen molar-refractivity contribution in [1.29, 1.82) is 0 Å². The summed E-state index contributed by atoms with van der Waals surface area (Å²) in [6.45, 7) is 4.22. The van der Waals surface area contributed by atoms with Crippen LogP contribution in [0.15, 0.2) is 58.3 Å². The number of benzene rings is 2. The molecule has 1 atom stereocenters. The van der Waals surface area contributed by atoms with Gasteiger partial charge in [0.1, 0.15) is 0 Å². The Bertz CT molecular complexity index is 597. The predicted octanol–water partition coefficient (Wildman–Crippen LogP) is 4.85. The predicted molar refractivity (Wildman–Crippen MR) is 93.5 cm³/mol. The molecule has 0 aliphatic heterocycles. The number of carbonyl (C=O) groups is 1. The third kappa shape index (κ3) is 3.27. The van der Waals surface area contributed by atoms with Gasteiger partial charge in [0.25, 0.3) is 0 Å². The fourth-order valence-electron chi connectivity index (χ4n) is 3.03. The van der Waals surface area contributed by atoms with Crippen molar-refractivity contribution < 1.29 is 4.79 Å². The van der Waals surface area contributed by atoms with Crippen LogP contribution in [-0.2, 0) is 15.7 Å². The molecule has 0 radical (unpaired) electrons. The zero-order chi connectivity index (χ0) is 15.5. The number of ketones is 1. The second kappa shape index (κ2) is 6.70. The highest BCUT2D eigenvalue weighted by atomic mass is 32.2. The fourth-order valence-corrected chi connectivity index (χ4v) is 5.61. The second-order valence-electron chi connectivity index (χ2n) is 6.16. The van der Waals surface area contributed by atoms with Crippen LogP contribution in [0.25, 0.3) is 0 Å². The average Bonchev–Trinajstić information content (AvgIpc) is 2.53. The molecule has 1 aliphatic rings. The molecule has 0 bridgehead atoms. The summed E-state index contributed by atoms with van der Waals surface area (Å²) in [5, 5.41) is 0.166. The van der Waals surface area contributed by atoms with Gasteiger partial charge in [-0.15, -0.1) is 0 Å². The van der Waals surface area contributed by atoms with Crippen molar-refractivity contribution in [1.82, 2.24) is 0 Å². The molecule has 1 unspecified atom stereocenters. The number of hydrogen-bond donors (Lipinski definition) is 0. The fraction of sp³-hybridized carbons (Fsp3) is 0.350. The first-order valence-electron chi connectivity index (χ1n) is 8.04. The lowest BCUT2D eigenvalue weighted by Crippen LogP contribution is -2.33. The molecule has 3 rings (SSSR count). The van der Waals surface area contributed by atoms with E-state index >= 15 is 0 Å². The molecule has 0 amide bonds. The Kier molecular flexibility index (Phi) is 4.68. The van der Waals surface area contributed by atoms with Crippen molar-refractivity contribution in [2.24, 2.45) is 0 Å². The number of carbonyl (C=O) groups excluding carboxylic acids is 1. The molecular formula is C20H23OS+. The molecule has 1 nitrogen and oxygen atoms in total. The van der Waals surface area contributed by atoms with Crippen LogP contribution in [0.2, 0.25) is 0 Å². The Balaban J connectivity index is 2.02. The van der Waals surface area contributed by atoms with Gasteiger partial charge in [0, 0.05) is 12.8 Å². The third-order valence-electron chi connectivity index (χ3n) is 4.33. The van der Waals surface area contributed by atoms with Gasteiger partial charge in [0.2, 0.25) is 0 Å². The van der Waals surface area contributed by atoms with E-state index in [1.54, 1.807) is 0 Å². The van der Waals surface area contributed by atoms with E-state index in [2.05, 4.69) is 62.4 Å². The summed E-state index contributed by atoms with van der Waals surface area (Å²) in [5.74, 6) is 0.454. The maximum absolute atomic E-state index is 12.5. The van der Waals surface area contributed by atoms with Gasteiger partial charge in [0.05, 0.1) is 10.9 Å². The average molecular weight is 311 g/mol. The van der Waals surface area contributed by atoms with Gasteiger partial charge < -0.3 is 0 Å². The normalized spacial score (nSPS) is 18.7. The Hall–Kier alpha value is -1.54. The molecule has 2 aromatic rings. The lowest BCUT2D eigenvalue weighted by atomic mass is 9.99. The molecule has 0 saturated heterocycles. The van der Waals surface area contributed by atoms with E-state index < -0.39 is 0 Å². The molecule has 0 N–H and O–H groups in total. The molecule has 1 fully saturated rings. The van der Waals surface area contributed by atoms with E-state index in [9.17, 15) is 4.79 Å². The number of Topliss-reactive ketones (excluding diaryl/α,β-unsaturated/α-hetero) is 1. The highest BCUT2D eigenvalue weighted by molar-refractivity contribution is 7.98. The maximum Gasteiger partial charge on any atom is 0.186 e. The summed E-state index contributed by atoms with van der Waals surface area (Å²) in [7, 11) is -0.134. The van der Waals surface area contributed by atoms with E-state index in [-0.39, 0.29) is 16.1 Å². The minimum atomic E-state index is -0.134. The zero-order valence-electron chi connectivity index (χ0n) is 13.3. The van der Waals surface area contributed by atoms with E-state index in [1.807, 2.05) is 0 Å². The highest BCUT2D eigenvalue weighted by Gasteiger charge is 2.41. The first kappa shape index (κ1) is 15.4. The largest absolute Gasteiger partial charge is 0.294 e. The Morgan fingerprint density at radius 3 is 1.77 bits per heavy atom. The third-order valence-corrected chi connectivity index (χ3v) is 6.96. The quantitative estimate of drug-likeness (QED) is 0.740. The van der Waals surface area contributed by atoms with Crippen LogP contribution in [0.3, 0.4) is 0 Å². The maximum atomic E-state index is 12.5. The van der Waals surface area contributed by atoms with E-state index in [1.165, 1.54) is 27.3 Å². The van der Waals surface area contributed by atoms with Crippen LogP contribution in [0.5, 0.6) is 0 Å². The van der Waals surface area contributed by atoms with Crippen molar-refractivity contribution >= 4 is 16.7 Å². The Labute approximate surface area is 136 Å². The Morgan fingerprint density at radius 1 is 0.818 bits per heavy atom. The molecular weight excluding hydrogens is 288 g/mol. The Morgan fingerprint density at radius 2 is 1.32 bits per heavy atom. The lowest BCUT2D eigenvalue weighted by Gasteiger charge is -2.21. The summed E-state index contributed by atoms with van der Waals surface area (Å²) in [6.07, 6.45) is 4.03.